The van der Waals surface area contributed by atoms with E-state index in [4.69, 9.17) is 13.6 Å². The molecule has 4 heteroatoms. The van der Waals surface area contributed by atoms with Crippen LogP contribution in [0.4, 0.5) is 0 Å². The normalized spacial score (nSPS) is 15.9. The van der Waals surface area contributed by atoms with E-state index in [0.29, 0.717) is 0 Å². The number of rotatable bonds is 9. The first kappa shape index (κ1) is 15.8. The molecule has 0 aliphatic rings. The highest BCUT2D eigenvalue weighted by Gasteiger charge is 2.17. The lowest BCUT2D eigenvalue weighted by atomic mass is 10.5. The van der Waals surface area contributed by atoms with Gasteiger partial charge in [0.15, 0.2) is 0 Å². The average Bonchev–Trinajstić information content (AvgIpc) is 2.23. The first-order valence-corrected chi connectivity index (χ1v) is 7.80. The van der Waals surface area contributed by atoms with Crippen molar-refractivity contribution in [1.82, 2.24) is 0 Å². The standard InChI is InChI=1S/C12H26O3Si/c1-6-9-13-12(8-3)15-16(10-7-2)14-11(4)5/h7,10-12,16H,6,8-9H2,1-5H3. The first-order chi connectivity index (χ1) is 7.63. The van der Waals surface area contributed by atoms with Gasteiger partial charge < -0.3 is 13.6 Å². The van der Waals surface area contributed by atoms with Gasteiger partial charge >= 0.3 is 9.28 Å². The fourth-order valence-corrected chi connectivity index (χ4v) is 2.87. The largest absolute Gasteiger partial charge is 0.391 e. The lowest BCUT2D eigenvalue weighted by Crippen LogP contribution is -2.31. The van der Waals surface area contributed by atoms with Crippen LogP contribution in [-0.2, 0) is 13.6 Å². The zero-order chi connectivity index (χ0) is 12.4. The van der Waals surface area contributed by atoms with Crippen molar-refractivity contribution in [2.24, 2.45) is 0 Å². The molecular formula is C12H26O3Si. The van der Waals surface area contributed by atoms with Gasteiger partial charge in [-0.2, -0.15) is 0 Å². The summed E-state index contributed by atoms with van der Waals surface area (Å²) in [6.45, 7) is 11.0. The third kappa shape index (κ3) is 8.04. The molecule has 0 saturated carbocycles. The molecule has 0 heterocycles. The molecule has 0 radical (unpaired) electrons. The van der Waals surface area contributed by atoms with Crippen LogP contribution < -0.4 is 0 Å². The van der Waals surface area contributed by atoms with E-state index in [-0.39, 0.29) is 12.4 Å². The van der Waals surface area contributed by atoms with Crippen LogP contribution in [0.15, 0.2) is 11.8 Å². The summed E-state index contributed by atoms with van der Waals surface area (Å²) in [7, 11) is -1.72. The van der Waals surface area contributed by atoms with Gasteiger partial charge in [0.1, 0.15) is 6.29 Å². The number of hydrogen-bond acceptors (Lipinski definition) is 3. The summed E-state index contributed by atoms with van der Waals surface area (Å²) in [4.78, 5) is 0. The van der Waals surface area contributed by atoms with Gasteiger partial charge in [0.05, 0.1) is 0 Å². The summed E-state index contributed by atoms with van der Waals surface area (Å²) in [6.07, 6.45) is 3.96. The van der Waals surface area contributed by atoms with Crippen molar-refractivity contribution >= 4 is 9.28 Å². The Hall–Kier alpha value is -0.163. The molecule has 2 unspecified atom stereocenters. The molecule has 0 fully saturated rings. The molecule has 0 bridgehead atoms. The van der Waals surface area contributed by atoms with E-state index in [9.17, 15) is 0 Å². The third-order valence-electron chi connectivity index (χ3n) is 1.88. The van der Waals surface area contributed by atoms with E-state index >= 15 is 0 Å². The Balaban J connectivity index is 4.11. The van der Waals surface area contributed by atoms with Gasteiger partial charge in [-0.05, 0) is 39.3 Å². The molecule has 2 atom stereocenters. The molecule has 0 aromatic heterocycles. The molecule has 0 aliphatic carbocycles. The fourth-order valence-electron chi connectivity index (χ4n) is 1.20. The Morgan fingerprint density at radius 1 is 1.19 bits per heavy atom. The van der Waals surface area contributed by atoms with Gasteiger partial charge in [-0.1, -0.05) is 19.9 Å². The topological polar surface area (TPSA) is 27.7 Å². The second-order valence-corrected chi connectivity index (χ2v) is 5.59. The van der Waals surface area contributed by atoms with E-state index in [1.807, 2.05) is 32.5 Å². The van der Waals surface area contributed by atoms with Gasteiger partial charge in [0, 0.05) is 12.7 Å². The van der Waals surface area contributed by atoms with Crippen molar-refractivity contribution in [2.45, 2.75) is 59.9 Å². The zero-order valence-electron chi connectivity index (χ0n) is 11.2. The molecule has 96 valence electrons. The van der Waals surface area contributed by atoms with Crippen LogP contribution in [0.1, 0.15) is 47.5 Å². The third-order valence-corrected chi connectivity index (χ3v) is 3.97. The molecular weight excluding hydrogens is 220 g/mol. The van der Waals surface area contributed by atoms with Crippen molar-refractivity contribution in [1.29, 1.82) is 0 Å². The van der Waals surface area contributed by atoms with Crippen molar-refractivity contribution in [3.05, 3.63) is 11.8 Å². The predicted octanol–water partition coefficient (Wildman–Crippen LogP) is 2.93. The van der Waals surface area contributed by atoms with Crippen molar-refractivity contribution in [3.8, 4) is 0 Å². The maximum absolute atomic E-state index is 5.86. The van der Waals surface area contributed by atoms with E-state index in [1.54, 1.807) is 0 Å². The van der Waals surface area contributed by atoms with Crippen LogP contribution in [0.5, 0.6) is 0 Å². The fraction of sp³-hybridized carbons (Fsp3) is 0.833. The Morgan fingerprint density at radius 2 is 1.88 bits per heavy atom. The van der Waals surface area contributed by atoms with Crippen LogP contribution in [0.25, 0.3) is 0 Å². The average molecular weight is 246 g/mol. The lowest BCUT2D eigenvalue weighted by Gasteiger charge is -2.22. The second-order valence-electron chi connectivity index (χ2n) is 3.92. The number of hydrogen-bond donors (Lipinski definition) is 0. The van der Waals surface area contributed by atoms with E-state index in [2.05, 4.69) is 13.8 Å². The molecule has 0 rings (SSSR count). The minimum atomic E-state index is -1.72. The Labute approximate surface area is 102 Å². The maximum Gasteiger partial charge on any atom is 0.350 e. The number of ether oxygens (including phenoxy) is 1. The van der Waals surface area contributed by atoms with Crippen molar-refractivity contribution < 1.29 is 13.6 Å². The molecule has 0 saturated heterocycles. The summed E-state index contributed by atoms with van der Waals surface area (Å²) >= 11 is 0. The lowest BCUT2D eigenvalue weighted by molar-refractivity contribution is -0.0947. The molecule has 0 aromatic carbocycles. The first-order valence-electron chi connectivity index (χ1n) is 6.19. The highest BCUT2D eigenvalue weighted by atomic mass is 28.3. The van der Waals surface area contributed by atoms with Crippen LogP contribution >= 0.6 is 0 Å². The molecule has 0 amide bonds. The molecule has 3 nitrogen and oxygen atoms in total. The van der Waals surface area contributed by atoms with Crippen molar-refractivity contribution in [2.75, 3.05) is 6.61 Å². The second kappa shape index (κ2) is 10.0. The molecule has 0 aromatic rings. The van der Waals surface area contributed by atoms with E-state index in [1.165, 1.54) is 0 Å². The molecule has 16 heavy (non-hydrogen) atoms. The summed E-state index contributed by atoms with van der Waals surface area (Å²) in [5, 5.41) is 0. The predicted molar refractivity (Wildman–Crippen MR) is 69.6 cm³/mol. The smallest absolute Gasteiger partial charge is 0.350 e. The van der Waals surface area contributed by atoms with Gasteiger partial charge in [-0.3, -0.25) is 0 Å². The molecule has 0 spiro atoms. The Morgan fingerprint density at radius 3 is 2.31 bits per heavy atom. The highest BCUT2D eigenvalue weighted by Crippen LogP contribution is 2.07. The summed E-state index contributed by atoms with van der Waals surface area (Å²) in [6, 6.07) is 0. The zero-order valence-corrected chi connectivity index (χ0v) is 12.4. The maximum atomic E-state index is 5.86. The van der Waals surface area contributed by atoms with Gasteiger partial charge in [-0.25, -0.2) is 0 Å². The molecule has 0 N–H and O–H groups in total. The summed E-state index contributed by atoms with van der Waals surface area (Å²) in [5.41, 5.74) is 2.04. The minimum absolute atomic E-state index is 0.119. The van der Waals surface area contributed by atoms with E-state index in [0.717, 1.165) is 19.4 Å². The highest BCUT2D eigenvalue weighted by molar-refractivity contribution is 6.50. The summed E-state index contributed by atoms with van der Waals surface area (Å²) < 4.78 is 17.2. The van der Waals surface area contributed by atoms with Crippen LogP contribution in [0, 0.1) is 0 Å². The Kier molecular flexibility index (Phi) is 9.92. The van der Waals surface area contributed by atoms with Crippen LogP contribution in [0.2, 0.25) is 0 Å². The van der Waals surface area contributed by atoms with Crippen molar-refractivity contribution in [3.63, 3.8) is 0 Å². The SMILES string of the molecule is CC=C[SiH](OC(C)C)OC(CC)OCCC. The van der Waals surface area contributed by atoms with E-state index < -0.39 is 9.28 Å². The van der Waals surface area contributed by atoms with Gasteiger partial charge in [-0.15, -0.1) is 0 Å². The molecule has 0 aliphatic heterocycles. The van der Waals surface area contributed by atoms with Gasteiger partial charge in [0.25, 0.3) is 0 Å². The summed E-state index contributed by atoms with van der Waals surface area (Å²) in [5.74, 6) is 0. The quantitative estimate of drug-likeness (QED) is 0.462. The van der Waals surface area contributed by atoms with Gasteiger partial charge in [0.2, 0.25) is 0 Å². The monoisotopic (exact) mass is 246 g/mol. The minimum Gasteiger partial charge on any atom is -0.391 e. The number of allylic oxidation sites excluding steroid dienone is 1. The van der Waals surface area contributed by atoms with Crippen LogP contribution in [0.3, 0.4) is 0 Å². The van der Waals surface area contributed by atoms with Crippen LogP contribution in [-0.4, -0.2) is 28.3 Å². The Bertz CT molecular complexity index is 183.